The molecule has 0 radical (unpaired) electrons. The van der Waals surface area contributed by atoms with E-state index in [1.807, 2.05) is 12.1 Å². The molecule has 2 aromatic carbocycles. The molecule has 22 heavy (non-hydrogen) atoms. The zero-order valence-electron chi connectivity index (χ0n) is 12.1. The van der Waals surface area contributed by atoms with Crippen LogP contribution in [-0.4, -0.2) is 9.78 Å². The van der Waals surface area contributed by atoms with Crippen LogP contribution >= 0.6 is 0 Å². The maximum atomic E-state index is 5.21. The third-order valence-electron chi connectivity index (χ3n) is 3.91. The van der Waals surface area contributed by atoms with Crippen LogP contribution in [0.1, 0.15) is 5.56 Å². The average Bonchev–Trinajstić information content (AvgIpc) is 3.22. The zero-order valence-corrected chi connectivity index (χ0v) is 12.1. The molecule has 0 aliphatic rings. The van der Waals surface area contributed by atoms with Gasteiger partial charge in [0.15, 0.2) is 0 Å². The Balaban J connectivity index is 1.72. The number of nitrogens with zero attached hydrogens (tertiary/aromatic N) is 2. The first kappa shape index (κ1) is 12.9. The second kappa shape index (κ2) is 5.53. The first-order valence-electron chi connectivity index (χ1n) is 7.44. The summed E-state index contributed by atoms with van der Waals surface area (Å²) in [5.74, 6) is 0. The van der Waals surface area contributed by atoms with E-state index in [1.54, 1.807) is 12.5 Å². The number of fused-ring (bicyclic) bond motifs is 1. The molecule has 0 bridgehead atoms. The van der Waals surface area contributed by atoms with Gasteiger partial charge in [-0.15, -0.1) is 0 Å². The molecule has 4 rings (SSSR count). The summed E-state index contributed by atoms with van der Waals surface area (Å²) < 4.78 is 7.30. The monoisotopic (exact) mass is 288 g/mol. The Kier molecular flexibility index (Phi) is 3.24. The number of hydrogen-bond donors (Lipinski definition) is 0. The van der Waals surface area contributed by atoms with Crippen LogP contribution in [0.25, 0.3) is 22.2 Å². The Bertz CT molecular complexity index is 876. The lowest BCUT2D eigenvalue weighted by Crippen LogP contribution is -2.03. The van der Waals surface area contributed by atoms with Crippen molar-refractivity contribution >= 4 is 10.9 Å². The molecule has 108 valence electrons. The quantitative estimate of drug-likeness (QED) is 0.552. The van der Waals surface area contributed by atoms with Crippen LogP contribution in [0.5, 0.6) is 0 Å². The molecule has 0 saturated heterocycles. The number of rotatable bonds is 4. The molecule has 4 aromatic rings. The summed E-state index contributed by atoms with van der Waals surface area (Å²) in [6, 6.07) is 20.8. The van der Waals surface area contributed by atoms with E-state index in [0.29, 0.717) is 0 Å². The molecule has 0 saturated carbocycles. The Hall–Kier alpha value is -2.81. The molecule has 0 spiro atoms. The fraction of sp³-hybridized carbons (Fsp3) is 0.105. The maximum absolute atomic E-state index is 5.21. The molecule has 0 amide bonds. The Labute approximate surface area is 128 Å². The van der Waals surface area contributed by atoms with Gasteiger partial charge in [-0.2, -0.15) is 5.10 Å². The third kappa shape index (κ3) is 2.31. The van der Waals surface area contributed by atoms with Crippen molar-refractivity contribution in [3.63, 3.8) is 0 Å². The van der Waals surface area contributed by atoms with Crippen molar-refractivity contribution in [2.24, 2.45) is 0 Å². The summed E-state index contributed by atoms with van der Waals surface area (Å²) in [4.78, 5) is 0. The van der Waals surface area contributed by atoms with Crippen LogP contribution in [0.15, 0.2) is 77.6 Å². The van der Waals surface area contributed by atoms with Crippen LogP contribution < -0.4 is 0 Å². The van der Waals surface area contributed by atoms with E-state index >= 15 is 0 Å². The second-order valence-corrected chi connectivity index (χ2v) is 5.34. The number of para-hydroxylation sites is 1. The largest absolute Gasteiger partial charge is 0.472 e. The summed E-state index contributed by atoms with van der Waals surface area (Å²) in [6.07, 6.45) is 4.40. The standard InChI is InChI=1S/C19H16N2O/c1-2-6-15(7-3-1)10-12-21-18-9-5-4-8-17(18)19(20-21)16-11-13-22-14-16/h1-9,11,13-14H,10,12H2. The van der Waals surface area contributed by atoms with E-state index in [9.17, 15) is 0 Å². The predicted molar refractivity (Wildman–Crippen MR) is 87.6 cm³/mol. The van der Waals surface area contributed by atoms with Crippen LogP contribution in [-0.2, 0) is 13.0 Å². The van der Waals surface area contributed by atoms with E-state index in [-0.39, 0.29) is 0 Å². The minimum Gasteiger partial charge on any atom is -0.472 e. The second-order valence-electron chi connectivity index (χ2n) is 5.34. The molecular weight excluding hydrogens is 272 g/mol. The van der Waals surface area contributed by atoms with Gasteiger partial charge in [0.1, 0.15) is 5.69 Å². The van der Waals surface area contributed by atoms with E-state index in [0.717, 1.165) is 35.1 Å². The van der Waals surface area contributed by atoms with Crippen molar-refractivity contribution in [2.45, 2.75) is 13.0 Å². The number of furan rings is 1. The van der Waals surface area contributed by atoms with Gasteiger partial charge in [-0.05, 0) is 24.1 Å². The molecule has 0 fully saturated rings. The van der Waals surface area contributed by atoms with E-state index < -0.39 is 0 Å². The van der Waals surface area contributed by atoms with E-state index in [4.69, 9.17) is 9.52 Å². The minimum absolute atomic E-state index is 0.863. The van der Waals surface area contributed by atoms with Gasteiger partial charge in [0.05, 0.1) is 18.0 Å². The molecule has 2 heterocycles. The van der Waals surface area contributed by atoms with Crippen LogP contribution in [0.3, 0.4) is 0 Å². The van der Waals surface area contributed by atoms with Crippen molar-refractivity contribution in [1.82, 2.24) is 9.78 Å². The van der Waals surface area contributed by atoms with Crippen LogP contribution in [0, 0.1) is 0 Å². The summed E-state index contributed by atoms with van der Waals surface area (Å²) >= 11 is 0. The van der Waals surface area contributed by atoms with Gasteiger partial charge in [-0.25, -0.2) is 0 Å². The van der Waals surface area contributed by atoms with Gasteiger partial charge < -0.3 is 4.42 Å². The number of benzene rings is 2. The lowest BCUT2D eigenvalue weighted by molar-refractivity contribution is 0.567. The maximum Gasteiger partial charge on any atom is 0.103 e. The third-order valence-corrected chi connectivity index (χ3v) is 3.91. The highest BCUT2D eigenvalue weighted by molar-refractivity contribution is 5.93. The van der Waals surface area contributed by atoms with Crippen molar-refractivity contribution in [1.29, 1.82) is 0 Å². The van der Waals surface area contributed by atoms with Gasteiger partial charge in [0.2, 0.25) is 0 Å². The molecule has 0 aliphatic heterocycles. The topological polar surface area (TPSA) is 31.0 Å². The molecular formula is C19H16N2O. The SMILES string of the molecule is c1ccc(CCn2nc(-c3ccoc3)c3ccccc32)cc1. The number of hydrogen-bond acceptors (Lipinski definition) is 2. The fourth-order valence-electron chi connectivity index (χ4n) is 2.79. The Morgan fingerprint density at radius 2 is 1.73 bits per heavy atom. The molecule has 0 unspecified atom stereocenters. The normalized spacial score (nSPS) is 11.1. The van der Waals surface area contributed by atoms with Crippen LogP contribution in [0.2, 0.25) is 0 Å². The van der Waals surface area contributed by atoms with Gasteiger partial charge >= 0.3 is 0 Å². The highest BCUT2D eigenvalue weighted by atomic mass is 16.3. The average molecular weight is 288 g/mol. The summed E-state index contributed by atoms with van der Waals surface area (Å²) in [5.41, 5.74) is 4.49. The number of aromatic nitrogens is 2. The van der Waals surface area contributed by atoms with E-state index in [2.05, 4.69) is 53.2 Å². The molecule has 0 N–H and O–H groups in total. The van der Waals surface area contributed by atoms with Crippen molar-refractivity contribution in [3.8, 4) is 11.3 Å². The minimum atomic E-state index is 0.863. The van der Waals surface area contributed by atoms with Crippen molar-refractivity contribution in [2.75, 3.05) is 0 Å². The molecule has 2 aromatic heterocycles. The van der Waals surface area contributed by atoms with Gasteiger partial charge in [0.25, 0.3) is 0 Å². The molecule has 3 heteroatoms. The first-order chi connectivity index (χ1) is 10.9. The van der Waals surface area contributed by atoms with Crippen molar-refractivity contribution < 1.29 is 4.42 Å². The van der Waals surface area contributed by atoms with Gasteiger partial charge in [-0.1, -0.05) is 48.5 Å². The molecule has 0 aliphatic carbocycles. The summed E-state index contributed by atoms with van der Waals surface area (Å²) in [5, 5.41) is 5.97. The molecule has 3 nitrogen and oxygen atoms in total. The smallest absolute Gasteiger partial charge is 0.103 e. The number of aryl methyl sites for hydroxylation is 2. The Morgan fingerprint density at radius 1 is 0.909 bits per heavy atom. The van der Waals surface area contributed by atoms with Crippen LogP contribution in [0.4, 0.5) is 0 Å². The van der Waals surface area contributed by atoms with E-state index in [1.165, 1.54) is 5.56 Å². The summed E-state index contributed by atoms with van der Waals surface area (Å²) in [7, 11) is 0. The predicted octanol–water partition coefficient (Wildman–Crippen LogP) is 4.54. The highest BCUT2D eigenvalue weighted by Crippen LogP contribution is 2.28. The molecule has 0 atom stereocenters. The van der Waals surface area contributed by atoms with Gasteiger partial charge in [0, 0.05) is 17.5 Å². The fourth-order valence-corrected chi connectivity index (χ4v) is 2.79. The van der Waals surface area contributed by atoms with Gasteiger partial charge in [-0.3, -0.25) is 4.68 Å². The lowest BCUT2D eigenvalue weighted by Gasteiger charge is -2.03. The lowest BCUT2D eigenvalue weighted by atomic mass is 10.1. The highest BCUT2D eigenvalue weighted by Gasteiger charge is 2.12. The first-order valence-corrected chi connectivity index (χ1v) is 7.44. The van der Waals surface area contributed by atoms with Crippen molar-refractivity contribution in [3.05, 3.63) is 78.8 Å². The summed E-state index contributed by atoms with van der Waals surface area (Å²) in [6.45, 7) is 0.863. The Morgan fingerprint density at radius 3 is 2.55 bits per heavy atom. The zero-order chi connectivity index (χ0) is 14.8.